The number of benzene rings is 1. The van der Waals surface area contributed by atoms with E-state index in [0.717, 1.165) is 29.2 Å². The van der Waals surface area contributed by atoms with Gasteiger partial charge in [0.25, 0.3) is 0 Å². The average Bonchev–Trinajstić information content (AvgIpc) is 3.03. The molecule has 1 aliphatic rings. The number of hydrogen-bond donors (Lipinski definition) is 1. The van der Waals surface area contributed by atoms with Crippen LogP contribution in [-0.2, 0) is 17.8 Å². The number of hydrogen-bond acceptors (Lipinski definition) is 4. The molecular formula is C15H16N2O3S. The lowest BCUT2D eigenvalue weighted by Gasteiger charge is -2.12. The quantitative estimate of drug-likeness (QED) is 0.927. The number of nitrogens with one attached hydrogen (secondary N) is 1. The molecule has 110 valence electrons. The lowest BCUT2D eigenvalue weighted by atomic mass is 10.1. The molecule has 0 saturated carbocycles. The van der Waals surface area contributed by atoms with Crippen LogP contribution in [0.25, 0.3) is 0 Å². The van der Waals surface area contributed by atoms with Gasteiger partial charge in [0.2, 0.25) is 5.91 Å². The van der Waals surface area contributed by atoms with Crippen molar-refractivity contribution in [2.75, 3.05) is 6.54 Å². The van der Waals surface area contributed by atoms with E-state index in [9.17, 15) is 9.59 Å². The van der Waals surface area contributed by atoms with Crippen LogP contribution < -0.4 is 14.9 Å². The number of amides is 1. The van der Waals surface area contributed by atoms with Gasteiger partial charge in [-0.3, -0.25) is 14.2 Å². The Labute approximate surface area is 126 Å². The summed E-state index contributed by atoms with van der Waals surface area (Å²) in [4.78, 5) is 23.4. The molecule has 6 heteroatoms. The Hall–Kier alpha value is -2.08. The summed E-state index contributed by atoms with van der Waals surface area (Å²) in [6, 6.07) is 7.89. The molecule has 5 nitrogen and oxygen atoms in total. The molecule has 1 atom stereocenters. The molecule has 0 aliphatic carbocycles. The summed E-state index contributed by atoms with van der Waals surface area (Å²) in [6.45, 7) is 2.33. The van der Waals surface area contributed by atoms with Gasteiger partial charge in [-0.2, -0.15) is 0 Å². The van der Waals surface area contributed by atoms with Crippen molar-refractivity contribution in [3.63, 3.8) is 0 Å². The van der Waals surface area contributed by atoms with Gasteiger partial charge in [-0.1, -0.05) is 29.5 Å². The number of aryl methyl sites for hydroxylation is 1. The van der Waals surface area contributed by atoms with E-state index < -0.39 is 0 Å². The molecule has 1 amide bonds. The molecule has 2 aromatic rings. The molecule has 3 rings (SSSR count). The zero-order valence-electron chi connectivity index (χ0n) is 11.7. The number of aromatic nitrogens is 1. The maximum Gasteiger partial charge on any atom is 0.307 e. The van der Waals surface area contributed by atoms with E-state index in [1.54, 1.807) is 5.38 Å². The first-order chi connectivity index (χ1) is 10.1. The highest BCUT2D eigenvalue weighted by atomic mass is 32.1. The van der Waals surface area contributed by atoms with Crippen LogP contribution in [0.5, 0.6) is 5.75 Å². The fourth-order valence-electron chi connectivity index (χ4n) is 2.39. The van der Waals surface area contributed by atoms with E-state index in [2.05, 4.69) is 5.32 Å². The maximum atomic E-state index is 11.9. The Balaban J connectivity index is 1.53. The van der Waals surface area contributed by atoms with E-state index in [0.29, 0.717) is 6.54 Å². The Morgan fingerprint density at radius 3 is 3.00 bits per heavy atom. The van der Waals surface area contributed by atoms with Gasteiger partial charge in [-0.25, -0.2) is 0 Å². The molecule has 2 heterocycles. The molecule has 0 saturated heterocycles. The lowest BCUT2D eigenvalue weighted by Crippen LogP contribution is -2.37. The Bertz CT molecular complexity index is 695. The third kappa shape index (κ3) is 3.00. The summed E-state index contributed by atoms with van der Waals surface area (Å²) in [5.41, 5.74) is 1.98. The summed E-state index contributed by atoms with van der Waals surface area (Å²) in [6.07, 6.45) is 0.764. The molecule has 1 aliphatic heterocycles. The van der Waals surface area contributed by atoms with Crippen molar-refractivity contribution in [3.05, 3.63) is 50.6 Å². The molecule has 1 unspecified atom stereocenters. The highest BCUT2D eigenvalue weighted by molar-refractivity contribution is 7.07. The van der Waals surface area contributed by atoms with Gasteiger partial charge in [0, 0.05) is 17.5 Å². The average molecular weight is 304 g/mol. The number of ether oxygens (including phenoxy) is 1. The standard InChI is InChI=1S/C15H16N2O3S/c1-10-9-21-15(19)17(10)8-14(18)16-7-12-6-11-4-2-3-5-13(11)20-12/h2-5,9,12H,6-8H2,1H3,(H,16,18). The Morgan fingerprint density at radius 1 is 1.48 bits per heavy atom. The molecule has 0 fully saturated rings. The van der Waals surface area contributed by atoms with Crippen molar-refractivity contribution < 1.29 is 9.53 Å². The second-order valence-electron chi connectivity index (χ2n) is 5.08. The molecule has 0 radical (unpaired) electrons. The highest BCUT2D eigenvalue weighted by Crippen LogP contribution is 2.27. The summed E-state index contributed by atoms with van der Waals surface area (Å²) in [7, 11) is 0. The summed E-state index contributed by atoms with van der Waals surface area (Å²) in [5, 5.41) is 4.59. The smallest absolute Gasteiger partial charge is 0.307 e. The van der Waals surface area contributed by atoms with E-state index in [1.807, 2.05) is 31.2 Å². The zero-order valence-corrected chi connectivity index (χ0v) is 12.5. The maximum absolute atomic E-state index is 11.9. The lowest BCUT2D eigenvalue weighted by molar-refractivity contribution is -0.122. The summed E-state index contributed by atoms with van der Waals surface area (Å²) in [5.74, 6) is 0.722. The third-order valence-electron chi connectivity index (χ3n) is 3.52. The van der Waals surface area contributed by atoms with Gasteiger partial charge in [0.15, 0.2) is 0 Å². The molecule has 1 aromatic carbocycles. The monoisotopic (exact) mass is 304 g/mol. The van der Waals surface area contributed by atoms with Crippen LogP contribution in [0, 0.1) is 6.92 Å². The van der Waals surface area contributed by atoms with Crippen LogP contribution in [-0.4, -0.2) is 23.1 Å². The van der Waals surface area contributed by atoms with E-state index in [4.69, 9.17) is 4.74 Å². The predicted molar refractivity (Wildman–Crippen MR) is 80.9 cm³/mol. The van der Waals surface area contributed by atoms with E-state index >= 15 is 0 Å². The highest BCUT2D eigenvalue weighted by Gasteiger charge is 2.22. The fraction of sp³-hybridized carbons (Fsp3) is 0.333. The van der Waals surface area contributed by atoms with Gasteiger partial charge in [-0.15, -0.1) is 0 Å². The van der Waals surface area contributed by atoms with Crippen LogP contribution in [0.15, 0.2) is 34.4 Å². The SMILES string of the molecule is Cc1csc(=O)n1CC(=O)NCC1Cc2ccccc2O1. The number of carbonyl (C=O) groups excluding carboxylic acids is 1. The third-order valence-corrected chi connectivity index (χ3v) is 4.40. The van der Waals surface area contributed by atoms with E-state index in [-0.39, 0.29) is 23.4 Å². The number of rotatable bonds is 4. The normalized spacial score (nSPS) is 16.3. The summed E-state index contributed by atoms with van der Waals surface area (Å²) < 4.78 is 7.24. The van der Waals surface area contributed by atoms with Gasteiger partial charge < -0.3 is 10.1 Å². The van der Waals surface area contributed by atoms with Crippen LogP contribution in [0.4, 0.5) is 0 Å². The second kappa shape index (κ2) is 5.73. The van der Waals surface area contributed by atoms with Crippen molar-refractivity contribution in [2.45, 2.75) is 26.0 Å². The summed E-state index contributed by atoms with van der Waals surface area (Å²) >= 11 is 1.11. The number of para-hydroxylation sites is 1. The molecular weight excluding hydrogens is 288 g/mol. The van der Waals surface area contributed by atoms with Crippen molar-refractivity contribution in [2.24, 2.45) is 0 Å². The van der Waals surface area contributed by atoms with Crippen LogP contribution in [0.3, 0.4) is 0 Å². The number of thiazole rings is 1. The number of carbonyl (C=O) groups is 1. The van der Waals surface area contributed by atoms with Crippen molar-refractivity contribution >= 4 is 17.2 Å². The Morgan fingerprint density at radius 2 is 2.29 bits per heavy atom. The van der Waals surface area contributed by atoms with Crippen molar-refractivity contribution in [1.29, 1.82) is 0 Å². The first kappa shape index (κ1) is 13.9. The largest absolute Gasteiger partial charge is 0.488 e. The molecule has 1 aromatic heterocycles. The molecule has 21 heavy (non-hydrogen) atoms. The first-order valence-electron chi connectivity index (χ1n) is 6.79. The number of nitrogens with zero attached hydrogens (tertiary/aromatic N) is 1. The predicted octanol–water partition coefficient (Wildman–Crippen LogP) is 1.34. The van der Waals surface area contributed by atoms with Gasteiger partial charge >= 0.3 is 4.87 Å². The second-order valence-corrected chi connectivity index (χ2v) is 5.91. The van der Waals surface area contributed by atoms with Gasteiger partial charge in [-0.05, 0) is 18.6 Å². The molecule has 1 N–H and O–H groups in total. The van der Waals surface area contributed by atoms with Gasteiger partial charge in [0.1, 0.15) is 18.4 Å². The molecule has 0 spiro atoms. The minimum absolute atomic E-state index is 0.0355. The van der Waals surface area contributed by atoms with E-state index in [1.165, 1.54) is 10.1 Å². The van der Waals surface area contributed by atoms with Crippen LogP contribution >= 0.6 is 11.3 Å². The molecule has 0 bridgehead atoms. The fourth-order valence-corrected chi connectivity index (χ4v) is 3.13. The zero-order chi connectivity index (χ0) is 14.8. The van der Waals surface area contributed by atoms with Crippen LogP contribution in [0.2, 0.25) is 0 Å². The van der Waals surface area contributed by atoms with Crippen LogP contribution in [0.1, 0.15) is 11.3 Å². The Kier molecular flexibility index (Phi) is 3.79. The van der Waals surface area contributed by atoms with Crippen molar-refractivity contribution in [3.8, 4) is 5.75 Å². The minimum Gasteiger partial charge on any atom is -0.488 e. The van der Waals surface area contributed by atoms with Crippen molar-refractivity contribution in [1.82, 2.24) is 9.88 Å². The topological polar surface area (TPSA) is 60.3 Å². The minimum atomic E-state index is -0.168. The van der Waals surface area contributed by atoms with Gasteiger partial charge in [0.05, 0.1) is 6.54 Å². The first-order valence-corrected chi connectivity index (χ1v) is 7.67. The number of fused-ring (bicyclic) bond motifs is 1.